The van der Waals surface area contributed by atoms with Crippen LogP contribution in [0.1, 0.15) is 27.2 Å². The molecule has 1 aliphatic heterocycles. The topological polar surface area (TPSA) is 56.3 Å². The lowest BCUT2D eigenvalue weighted by Crippen LogP contribution is -2.44. The van der Waals surface area contributed by atoms with Gasteiger partial charge in [-0.15, -0.1) is 0 Å². The van der Waals surface area contributed by atoms with Gasteiger partial charge in [0.05, 0.1) is 6.07 Å². The molecule has 98 valence electrons. The molecule has 0 spiro atoms. The van der Waals surface area contributed by atoms with Crippen LogP contribution in [0, 0.1) is 17.2 Å². The minimum atomic E-state index is -0.709. The summed E-state index contributed by atoms with van der Waals surface area (Å²) in [6.07, 6.45) is 0.733. The lowest BCUT2D eigenvalue weighted by molar-refractivity contribution is 0.204. The van der Waals surface area contributed by atoms with E-state index < -0.39 is 5.54 Å². The summed E-state index contributed by atoms with van der Waals surface area (Å²) in [5.41, 5.74) is 5.21. The van der Waals surface area contributed by atoms with E-state index in [0.29, 0.717) is 18.0 Å². The molecule has 4 nitrogen and oxygen atoms in total. The molecule has 4 unspecified atom stereocenters. The Labute approximate surface area is 105 Å². The van der Waals surface area contributed by atoms with Crippen molar-refractivity contribution in [2.24, 2.45) is 11.7 Å². The third-order valence-corrected chi connectivity index (χ3v) is 3.86. The first kappa shape index (κ1) is 14.4. The van der Waals surface area contributed by atoms with Crippen molar-refractivity contribution in [1.82, 2.24) is 9.80 Å². The molecule has 1 heterocycles. The number of likely N-dealkylation sites (tertiary alicyclic amines) is 1. The average Bonchev–Trinajstić information content (AvgIpc) is 2.60. The van der Waals surface area contributed by atoms with Gasteiger partial charge in [0.15, 0.2) is 0 Å². The molecular weight excluding hydrogens is 212 g/mol. The van der Waals surface area contributed by atoms with Crippen molar-refractivity contribution < 1.29 is 0 Å². The Morgan fingerprint density at radius 3 is 2.53 bits per heavy atom. The van der Waals surface area contributed by atoms with Crippen molar-refractivity contribution in [3.8, 4) is 6.07 Å². The van der Waals surface area contributed by atoms with Crippen LogP contribution in [0.15, 0.2) is 0 Å². The van der Waals surface area contributed by atoms with E-state index >= 15 is 0 Å². The highest BCUT2D eigenvalue weighted by molar-refractivity contribution is 5.03. The first-order chi connectivity index (χ1) is 7.76. The quantitative estimate of drug-likeness (QED) is 0.790. The van der Waals surface area contributed by atoms with Crippen LogP contribution < -0.4 is 5.73 Å². The Kier molecular flexibility index (Phi) is 4.54. The molecule has 0 bridgehead atoms. The number of nitrogens with two attached hydrogens (primary N) is 1. The molecule has 1 saturated heterocycles. The molecule has 1 aliphatic rings. The lowest BCUT2D eigenvalue weighted by atomic mass is 9.96. The van der Waals surface area contributed by atoms with Crippen LogP contribution in [0.4, 0.5) is 0 Å². The van der Waals surface area contributed by atoms with Crippen LogP contribution in [-0.2, 0) is 0 Å². The molecule has 0 amide bonds. The Morgan fingerprint density at radius 2 is 2.12 bits per heavy atom. The molecule has 1 rings (SSSR count). The number of likely N-dealkylation sites (N-methyl/N-ethyl adjacent to an activating group) is 1. The Bertz CT molecular complexity index is 292. The summed E-state index contributed by atoms with van der Waals surface area (Å²) in [5.74, 6) is 0.679. The van der Waals surface area contributed by atoms with Crippen LogP contribution >= 0.6 is 0 Å². The fourth-order valence-electron chi connectivity index (χ4n) is 2.81. The van der Waals surface area contributed by atoms with Gasteiger partial charge in [-0.05, 0) is 40.3 Å². The minimum Gasteiger partial charge on any atom is -0.314 e. The van der Waals surface area contributed by atoms with Gasteiger partial charge in [-0.3, -0.25) is 4.90 Å². The van der Waals surface area contributed by atoms with E-state index in [2.05, 4.69) is 43.8 Å². The standard InChI is InChI=1S/C13H26N4/c1-10-7-17(8-12(10)16(4)5)11(2)6-13(3,15)9-14/h10-12H,6-8,15H2,1-5H3. The van der Waals surface area contributed by atoms with Crippen molar-refractivity contribution >= 4 is 0 Å². The van der Waals surface area contributed by atoms with Crippen molar-refractivity contribution in [2.45, 2.75) is 44.8 Å². The van der Waals surface area contributed by atoms with E-state index in [1.807, 2.05) is 6.92 Å². The van der Waals surface area contributed by atoms with E-state index in [4.69, 9.17) is 11.0 Å². The zero-order valence-corrected chi connectivity index (χ0v) is 11.8. The van der Waals surface area contributed by atoms with E-state index in [-0.39, 0.29) is 0 Å². The highest BCUT2D eigenvalue weighted by Crippen LogP contribution is 2.24. The number of nitrogens with zero attached hydrogens (tertiary/aromatic N) is 3. The lowest BCUT2D eigenvalue weighted by Gasteiger charge is -2.29. The van der Waals surface area contributed by atoms with Crippen LogP contribution in [0.25, 0.3) is 0 Å². The Balaban J connectivity index is 2.56. The van der Waals surface area contributed by atoms with Gasteiger partial charge >= 0.3 is 0 Å². The summed E-state index contributed by atoms with van der Waals surface area (Å²) in [6, 6.07) is 3.17. The highest BCUT2D eigenvalue weighted by Gasteiger charge is 2.35. The summed E-state index contributed by atoms with van der Waals surface area (Å²) < 4.78 is 0. The molecule has 0 saturated carbocycles. The molecule has 1 fully saturated rings. The maximum Gasteiger partial charge on any atom is 0.102 e. The molecule has 0 aromatic heterocycles. The van der Waals surface area contributed by atoms with Crippen LogP contribution in [0.2, 0.25) is 0 Å². The summed E-state index contributed by atoms with van der Waals surface area (Å²) in [7, 11) is 4.27. The Hall–Kier alpha value is -0.630. The van der Waals surface area contributed by atoms with E-state index in [1.54, 1.807) is 0 Å². The molecule has 4 heteroatoms. The average molecular weight is 238 g/mol. The van der Waals surface area contributed by atoms with Gasteiger partial charge in [-0.2, -0.15) is 5.26 Å². The first-order valence-corrected chi connectivity index (χ1v) is 6.37. The predicted molar refractivity (Wildman–Crippen MR) is 70.5 cm³/mol. The molecule has 17 heavy (non-hydrogen) atoms. The largest absolute Gasteiger partial charge is 0.314 e. The SMILES string of the molecule is CC1CN(C(C)CC(C)(N)C#N)CC1N(C)C. The first-order valence-electron chi connectivity index (χ1n) is 6.37. The minimum absolute atomic E-state index is 0.372. The zero-order valence-electron chi connectivity index (χ0n) is 11.8. The van der Waals surface area contributed by atoms with Crippen LogP contribution in [0.3, 0.4) is 0 Å². The normalized spacial score (nSPS) is 31.2. The highest BCUT2D eigenvalue weighted by atomic mass is 15.3. The fourth-order valence-corrected chi connectivity index (χ4v) is 2.81. The van der Waals surface area contributed by atoms with E-state index in [1.165, 1.54) is 0 Å². The number of rotatable bonds is 4. The third-order valence-electron chi connectivity index (χ3n) is 3.86. The smallest absolute Gasteiger partial charge is 0.102 e. The van der Waals surface area contributed by atoms with Gasteiger partial charge in [0.2, 0.25) is 0 Å². The van der Waals surface area contributed by atoms with Gasteiger partial charge in [-0.25, -0.2) is 0 Å². The molecule has 0 radical (unpaired) electrons. The van der Waals surface area contributed by atoms with Gasteiger partial charge < -0.3 is 10.6 Å². The maximum absolute atomic E-state index is 8.98. The molecule has 0 aromatic carbocycles. The van der Waals surface area contributed by atoms with Crippen molar-refractivity contribution in [3.05, 3.63) is 0 Å². The molecule has 4 atom stereocenters. The molecule has 0 aliphatic carbocycles. The second kappa shape index (κ2) is 5.34. The monoisotopic (exact) mass is 238 g/mol. The summed E-state index contributed by atoms with van der Waals surface area (Å²) >= 11 is 0. The van der Waals surface area contributed by atoms with Gasteiger partial charge in [0.25, 0.3) is 0 Å². The second-order valence-electron chi connectivity index (χ2n) is 6.04. The van der Waals surface area contributed by atoms with Crippen LogP contribution in [0.5, 0.6) is 0 Å². The number of nitriles is 1. The van der Waals surface area contributed by atoms with Crippen molar-refractivity contribution in [3.63, 3.8) is 0 Å². The van der Waals surface area contributed by atoms with E-state index in [0.717, 1.165) is 19.5 Å². The van der Waals surface area contributed by atoms with Gasteiger partial charge in [0, 0.05) is 25.2 Å². The Morgan fingerprint density at radius 1 is 1.53 bits per heavy atom. The fraction of sp³-hybridized carbons (Fsp3) is 0.923. The van der Waals surface area contributed by atoms with Crippen molar-refractivity contribution in [1.29, 1.82) is 5.26 Å². The number of hydrogen-bond donors (Lipinski definition) is 1. The molecular formula is C13H26N4. The second-order valence-corrected chi connectivity index (χ2v) is 6.04. The predicted octanol–water partition coefficient (Wildman–Crippen LogP) is 0.888. The summed E-state index contributed by atoms with van der Waals surface area (Å²) in [4.78, 5) is 4.75. The molecule has 2 N–H and O–H groups in total. The van der Waals surface area contributed by atoms with Crippen LogP contribution in [-0.4, -0.2) is 54.6 Å². The molecule has 0 aromatic rings. The summed E-state index contributed by atoms with van der Waals surface area (Å²) in [6.45, 7) is 8.46. The van der Waals surface area contributed by atoms with Gasteiger partial charge in [0.1, 0.15) is 5.54 Å². The number of hydrogen-bond acceptors (Lipinski definition) is 4. The van der Waals surface area contributed by atoms with Crippen molar-refractivity contribution in [2.75, 3.05) is 27.2 Å². The van der Waals surface area contributed by atoms with E-state index in [9.17, 15) is 0 Å². The third kappa shape index (κ3) is 3.67. The maximum atomic E-state index is 8.98. The summed E-state index contributed by atoms with van der Waals surface area (Å²) in [5, 5.41) is 8.98. The zero-order chi connectivity index (χ0) is 13.2. The van der Waals surface area contributed by atoms with Gasteiger partial charge in [-0.1, -0.05) is 6.92 Å².